The highest BCUT2D eigenvalue weighted by Crippen LogP contribution is 2.22. The van der Waals surface area contributed by atoms with Crippen LogP contribution in [0, 0.1) is 0 Å². The first-order valence-electron chi connectivity index (χ1n) is 4.75. The molecule has 1 saturated carbocycles. The topological polar surface area (TPSA) is 35.2 Å². The first-order valence-corrected chi connectivity index (χ1v) is 4.75. The maximum absolute atomic E-state index is 5.66. The molecule has 1 aliphatic carbocycles. The van der Waals surface area contributed by atoms with Gasteiger partial charge in [-0.05, 0) is 18.4 Å². The Morgan fingerprint density at radius 1 is 1.21 bits per heavy atom. The van der Waals surface area contributed by atoms with Crippen molar-refractivity contribution in [2.45, 2.75) is 31.6 Å². The quantitative estimate of drug-likeness (QED) is 0.835. The van der Waals surface area contributed by atoms with Crippen LogP contribution in [-0.2, 0) is 11.3 Å². The van der Waals surface area contributed by atoms with Crippen molar-refractivity contribution < 1.29 is 4.74 Å². The predicted molar refractivity (Wildman–Crippen MR) is 59.5 cm³/mol. The molecule has 3 heteroatoms. The van der Waals surface area contributed by atoms with Gasteiger partial charge in [-0.3, -0.25) is 0 Å². The summed E-state index contributed by atoms with van der Waals surface area (Å²) in [7, 11) is 0. The van der Waals surface area contributed by atoms with Gasteiger partial charge in [0.1, 0.15) is 0 Å². The molecule has 0 bridgehead atoms. The molecule has 0 spiro atoms. The zero-order valence-electron chi connectivity index (χ0n) is 8.06. The molecule has 2 rings (SSSR count). The molecule has 2 nitrogen and oxygen atoms in total. The molecule has 0 unspecified atom stereocenters. The normalized spacial score (nSPS) is 24.9. The summed E-state index contributed by atoms with van der Waals surface area (Å²) in [6, 6.07) is 10.6. The van der Waals surface area contributed by atoms with Crippen molar-refractivity contribution >= 4 is 12.4 Å². The van der Waals surface area contributed by atoms with Gasteiger partial charge in [-0.25, -0.2) is 0 Å². The van der Waals surface area contributed by atoms with Crippen LogP contribution in [0.25, 0.3) is 0 Å². The smallest absolute Gasteiger partial charge is 0.0720 e. The Morgan fingerprint density at radius 2 is 1.86 bits per heavy atom. The first kappa shape index (κ1) is 11.5. The van der Waals surface area contributed by atoms with Crippen LogP contribution >= 0.6 is 12.4 Å². The Bertz CT molecular complexity index is 259. The molecule has 0 heterocycles. The van der Waals surface area contributed by atoms with Gasteiger partial charge in [0.05, 0.1) is 12.7 Å². The van der Waals surface area contributed by atoms with Gasteiger partial charge in [0.25, 0.3) is 0 Å². The Kier molecular flexibility index (Phi) is 4.39. The van der Waals surface area contributed by atoms with Gasteiger partial charge in [0.15, 0.2) is 0 Å². The summed E-state index contributed by atoms with van der Waals surface area (Å²) >= 11 is 0. The predicted octanol–water partition coefficient (Wildman–Crippen LogP) is 2.11. The van der Waals surface area contributed by atoms with Gasteiger partial charge in [-0.15, -0.1) is 12.4 Å². The molecule has 0 aromatic heterocycles. The van der Waals surface area contributed by atoms with Gasteiger partial charge < -0.3 is 10.5 Å². The summed E-state index contributed by atoms with van der Waals surface area (Å²) in [6.45, 7) is 0.720. The Morgan fingerprint density at radius 3 is 2.43 bits per heavy atom. The lowest BCUT2D eigenvalue weighted by Gasteiger charge is -2.32. The number of benzene rings is 1. The van der Waals surface area contributed by atoms with E-state index in [1.165, 1.54) is 5.56 Å². The van der Waals surface area contributed by atoms with E-state index in [-0.39, 0.29) is 12.4 Å². The minimum absolute atomic E-state index is 0. The van der Waals surface area contributed by atoms with Gasteiger partial charge >= 0.3 is 0 Å². The van der Waals surface area contributed by atoms with Gasteiger partial charge in [-0.2, -0.15) is 0 Å². The van der Waals surface area contributed by atoms with Crippen molar-refractivity contribution in [3.05, 3.63) is 35.9 Å². The molecular formula is C11H16ClNO. The van der Waals surface area contributed by atoms with E-state index in [1.807, 2.05) is 18.2 Å². The van der Waals surface area contributed by atoms with Crippen LogP contribution in [0.1, 0.15) is 18.4 Å². The van der Waals surface area contributed by atoms with Crippen LogP contribution in [0.5, 0.6) is 0 Å². The highest BCUT2D eigenvalue weighted by atomic mass is 35.5. The largest absolute Gasteiger partial charge is 0.373 e. The van der Waals surface area contributed by atoms with Crippen LogP contribution in [0.4, 0.5) is 0 Å². The Labute approximate surface area is 90.9 Å². The monoisotopic (exact) mass is 213 g/mol. The van der Waals surface area contributed by atoms with Crippen molar-refractivity contribution in [2.24, 2.45) is 5.73 Å². The zero-order valence-corrected chi connectivity index (χ0v) is 8.87. The van der Waals surface area contributed by atoms with E-state index >= 15 is 0 Å². The molecule has 0 atom stereocenters. The molecule has 1 fully saturated rings. The van der Waals surface area contributed by atoms with Gasteiger partial charge in [0.2, 0.25) is 0 Å². The van der Waals surface area contributed by atoms with Gasteiger partial charge in [0, 0.05) is 6.04 Å². The third kappa shape index (κ3) is 2.98. The van der Waals surface area contributed by atoms with E-state index in [0.29, 0.717) is 12.1 Å². The molecule has 1 aliphatic rings. The minimum atomic E-state index is 0. The van der Waals surface area contributed by atoms with E-state index in [9.17, 15) is 0 Å². The standard InChI is InChI=1S/C11H15NO.ClH/c12-10-6-11(7-10)13-8-9-4-2-1-3-5-9;/h1-5,10-11H,6-8,12H2;1H. The van der Waals surface area contributed by atoms with E-state index in [1.54, 1.807) is 0 Å². The molecule has 1 aromatic rings. The maximum Gasteiger partial charge on any atom is 0.0720 e. The molecule has 0 amide bonds. The molecule has 0 aliphatic heterocycles. The third-order valence-electron chi connectivity index (χ3n) is 2.46. The molecule has 1 aromatic carbocycles. The van der Waals surface area contributed by atoms with Crippen LogP contribution in [-0.4, -0.2) is 12.1 Å². The number of halogens is 1. The average molecular weight is 214 g/mol. The third-order valence-corrected chi connectivity index (χ3v) is 2.46. The second-order valence-electron chi connectivity index (χ2n) is 3.65. The number of nitrogens with two attached hydrogens (primary N) is 1. The average Bonchev–Trinajstić information content (AvgIpc) is 2.12. The zero-order chi connectivity index (χ0) is 9.10. The summed E-state index contributed by atoms with van der Waals surface area (Å²) in [6.07, 6.45) is 2.44. The second kappa shape index (κ2) is 5.35. The van der Waals surface area contributed by atoms with E-state index in [2.05, 4.69) is 12.1 Å². The summed E-state index contributed by atoms with van der Waals surface area (Å²) in [5.74, 6) is 0. The number of hydrogen-bond donors (Lipinski definition) is 1. The van der Waals surface area contributed by atoms with Crippen molar-refractivity contribution in [2.75, 3.05) is 0 Å². The molecule has 2 N–H and O–H groups in total. The summed E-state index contributed by atoms with van der Waals surface area (Å²) in [5, 5.41) is 0. The second-order valence-corrected chi connectivity index (χ2v) is 3.65. The van der Waals surface area contributed by atoms with Gasteiger partial charge in [-0.1, -0.05) is 30.3 Å². The summed E-state index contributed by atoms with van der Waals surface area (Å²) in [5.41, 5.74) is 6.90. The summed E-state index contributed by atoms with van der Waals surface area (Å²) in [4.78, 5) is 0. The maximum atomic E-state index is 5.66. The van der Waals surface area contributed by atoms with E-state index in [0.717, 1.165) is 19.4 Å². The van der Waals surface area contributed by atoms with Crippen molar-refractivity contribution in [3.63, 3.8) is 0 Å². The van der Waals surface area contributed by atoms with Crippen LogP contribution < -0.4 is 5.73 Å². The van der Waals surface area contributed by atoms with E-state index < -0.39 is 0 Å². The highest BCUT2D eigenvalue weighted by molar-refractivity contribution is 5.85. The minimum Gasteiger partial charge on any atom is -0.373 e. The Balaban J connectivity index is 0.000000980. The highest BCUT2D eigenvalue weighted by Gasteiger charge is 2.26. The number of rotatable bonds is 3. The van der Waals surface area contributed by atoms with Crippen molar-refractivity contribution in [3.8, 4) is 0 Å². The fourth-order valence-electron chi connectivity index (χ4n) is 1.53. The summed E-state index contributed by atoms with van der Waals surface area (Å²) < 4.78 is 5.65. The first-order chi connectivity index (χ1) is 6.34. The molecule has 0 radical (unpaired) electrons. The number of ether oxygens (including phenoxy) is 1. The number of hydrogen-bond acceptors (Lipinski definition) is 2. The van der Waals surface area contributed by atoms with Crippen molar-refractivity contribution in [1.82, 2.24) is 0 Å². The lowest BCUT2D eigenvalue weighted by Crippen LogP contribution is -2.41. The molecular weight excluding hydrogens is 198 g/mol. The van der Waals surface area contributed by atoms with Crippen LogP contribution in [0.15, 0.2) is 30.3 Å². The Hall–Kier alpha value is -0.570. The molecule has 14 heavy (non-hydrogen) atoms. The fraction of sp³-hybridized carbons (Fsp3) is 0.455. The fourth-order valence-corrected chi connectivity index (χ4v) is 1.53. The molecule has 0 saturated heterocycles. The van der Waals surface area contributed by atoms with Crippen LogP contribution in [0.2, 0.25) is 0 Å². The SMILES string of the molecule is Cl.NC1CC(OCc2ccccc2)C1. The van der Waals surface area contributed by atoms with E-state index in [4.69, 9.17) is 10.5 Å². The lowest BCUT2D eigenvalue weighted by atomic mass is 9.90. The van der Waals surface area contributed by atoms with Crippen molar-refractivity contribution in [1.29, 1.82) is 0 Å². The lowest BCUT2D eigenvalue weighted by molar-refractivity contribution is -0.0188. The molecule has 78 valence electrons. The van der Waals surface area contributed by atoms with Crippen LogP contribution in [0.3, 0.4) is 0 Å².